The summed E-state index contributed by atoms with van der Waals surface area (Å²) in [7, 11) is 1.96. The first-order chi connectivity index (χ1) is 9.55. The van der Waals surface area contributed by atoms with Crippen LogP contribution < -0.4 is 5.32 Å². The zero-order chi connectivity index (χ0) is 15.0. The Labute approximate surface area is 126 Å². The summed E-state index contributed by atoms with van der Waals surface area (Å²) in [5.41, 5.74) is 0.775. The van der Waals surface area contributed by atoms with Crippen LogP contribution >= 0.6 is 11.6 Å². The fourth-order valence-electron chi connectivity index (χ4n) is 1.91. The summed E-state index contributed by atoms with van der Waals surface area (Å²) in [5.74, 6) is -0.00521. The Balaban J connectivity index is 2.32. The van der Waals surface area contributed by atoms with Gasteiger partial charge >= 0.3 is 0 Å². The maximum atomic E-state index is 11.9. The molecule has 0 aliphatic heterocycles. The predicted octanol–water partition coefficient (Wildman–Crippen LogP) is 2.55. The molecule has 0 saturated heterocycles. The van der Waals surface area contributed by atoms with Gasteiger partial charge < -0.3 is 10.2 Å². The van der Waals surface area contributed by atoms with E-state index in [9.17, 15) is 4.79 Å². The molecule has 1 amide bonds. The van der Waals surface area contributed by atoms with Gasteiger partial charge in [0.05, 0.1) is 6.54 Å². The van der Waals surface area contributed by atoms with Gasteiger partial charge in [0.2, 0.25) is 5.91 Å². The van der Waals surface area contributed by atoms with E-state index < -0.39 is 0 Å². The van der Waals surface area contributed by atoms with E-state index >= 15 is 0 Å². The Hall–Kier alpha value is -1.10. The SMILES string of the molecule is CCN(CC)CCN(C)CC(=O)Nc1ccc(Cl)cc1. The molecule has 0 radical (unpaired) electrons. The molecule has 0 fully saturated rings. The molecule has 4 nitrogen and oxygen atoms in total. The highest BCUT2D eigenvalue weighted by atomic mass is 35.5. The lowest BCUT2D eigenvalue weighted by molar-refractivity contribution is -0.117. The summed E-state index contributed by atoms with van der Waals surface area (Å²) in [6.07, 6.45) is 0. The Morgan fingerprint density at radius 1 is 1.15 bits per heavy atom. The molecule has 0 heterocycles. The zero-order valence-electron chi connectivity index (χ0n) is 12.5. The standard InChI is InChI=1S/C15H24ClN3O/c1-4-19(5-2)11-10-18(3)12-15(20)17-14-8-6-13(16)7-9-14/h6-9H,4-5,10-12H2,1-3H3,(H,17,20). The smallest absolute Gasteiger partial charge is 0.238 e. The highest BCUT2D eigenvalue weighted by Gasteiger charge is 2.08. The molecular formula is C15H24ClN3O. The fraction of sp³-hybridized carbons (Fsp3) is 0.533. The third-order valence-corrected chi connectivity index (χ3v) is 3.49. The first-order valence-electron chi connectivity index (χ1n) is 7.01. The van der Waals surface area contributed by atoms with E-state index in [-0.39, 0.29) is 5.91 Å². The van der Waals surface area contributed by atoms with Crippen molar-refractivity contribution in [1.82, 2.24) is 9.80 Å². The van der Waals surface area contributed by atoms with Gasteiger partial charge in [-0.3, -0.25) is 9.69 Å². The number of nitrogens with one attached hydrogen (secondary N) is 1. The number of amides is 1. The zero-order valence-corrected chi connectivity index (χ0v) is 13.3. The normalized spacial score (nSPS) is 11.1. The van der Waals surface area contributed by atoms with Crippen LogP contribution in [-0.2, 0) is 4.79 Å². The van der Waals surface area contributed by atoms with E-state index in [4.69, 9.17) is 11.6 Å². The van der Waals surface area contributed by atoms with Crippen LogP contribution in [0.3, 0.4) is 0 Å². The van der Waals surface area contributed by atoms with Crippen LogP contribution in [0.5, 0.6) is 0 Å². The first-order valence-corrected chi connectivity index (χ1v) is 7.39. The van der Waals surface area contributed by atoms with Gasteiger partial charge in [-0.15, -0.1) is 0 Å². The number of carbonyl (C=O) groups is 1. The van der Waals surface area contributed by atoms with Gasteiger partial charge in [-0.1, -0.05) is 25.4 Å². The molecule has 1 aromatic carbocycles. The van der Waals surface area contributed by atoms with Crippen molar-refractivity contribution in [3.63, 3.8) is 0 Å². The number of halogens is 1. The van der Waals surface area contributed by atoms with Gasteiger partial charge in [-0.25, -0.2) is 0 Å². The Bertz CT molecular complexity index is 404. The largest absolute Gasteiger partial charge is 0.325 e. The van der Waals surface area contributed by atoms with Crippen molar-refractivity contribution in [2.24, 2.45) is 0 Å². The molecule has 0 aliphatic carbocycles. The Kier molecular flexibility index (Phi) is 7.59. The van der Waals surface area contributed by atoms with E-state index in [1.807, 2.05) is 11.9 Å². The quantitative estimate of drug-likeness (QED) is 0.801. The molecule has 1 N–H and O–H groups in total. The number of nitrogens with zero attached hydrogens (tertiary/aromatic N) is 2. The van der Waals surface area contributed by atoms with E-state index in [0.717, 1.165) is 31.9 Å². The summed E-state index contributed by atoms with van der Waals surface area (Å²) in [6.45, 7) is 8.65. The first kappa shape index (κ1) is 17.0. The van der Waals surface area contributed by atoms with Crippen molar-refractivity contribution < 1.29 is 4.79 Å². The topological polar surface area (TPSA) is 35.6 Å². The molecule has 0 atom stereocenters. The summed E-state index contributed by atoms with van der Waals surface area (Å²) in [5, 5.41) is 3.53. The Morgan fingerprint density at radius 2 is 1.75 bits per heavy atom. The second-order valence-electron chi connectivity index (χ2n) is 4.82. The molecule has 0 unspecified atom stereocenters. The summed E-state index contributed by atoms with van der Waals surface area (Å²) in [4.78, 5) is 16.3. The predicted molar refractivity (Wildman–Crippen MR) is 85.4 cm³/mol. The second-order valence-corrected chi connectivity index (χ2v) is 5.26. The van der Waals surface area contributed by atoms with E-state index in [1.165, 1.54) is 0 Å². The van der Waals surface area contributed by atoms with Gasteiger partial charge in [0.25, 0.3) is 0 Å². The van der Waals surface area contributed by atoms with Gasteiger partial charge in [0.15, 0.2) is 0 Å². The molecule has 1 aromatic rings. The number of hydrogen-bond acceptors (Lipinski definition) is 3. The third-order valence-electron chi connectivity index (χ3n) is 3.23. The molecule has 0 aromatic heterocycles. The molecule has 112 valence electrons. The summed E-state index contributed by atoms with van der Waals surface area (Å²) in [6, 6.07) is 7.13. The number of rotatable bonds is 8. The highest BCUT2D eigenvalue weighted by molar-refractivity contribution is 6.30. The van der Waals surface area contributed by atoms with Crippen molar-refractivity contribution in [1.29, 1.82) is 0 Å². The summed E-state index contributed by atoms with van der Waals surface area (Å²) >= 11 is 5.81. The molecule has 0 spiro atoms. The van der Waals surface area contributed by atoms with Crippen molar-refractivity contribution in [3.8, 4) is 0 Å². The molecular weight excluding hydrogens is 274 g/mol. The van der Waals surface area contributed by atoms with Crippen molar-refractivity contribution in [3.05, 3.63) is 29.3 Å². The minimum Gasteiger partial charge on any atom is -0.325 e. The van der Waals surface area contributed by atoms with E-state index in [2.05, 4.69) is 24.1 Å². The number of hydrogen-bond donors (Lipinski definition) is 1. The van der Waals surface area contributed by atoms with Crippen LogP contribution in [-0.4, -0.2) is 55.5 Å². The van der Waals surface area contributed by atoms with Crippen molar-refractivity contribution >= 4 is 23.2 Å². The average molecular weight is 298 g/mol. The number of likely N-dealkylation sites (N-methyl/N-ethyl adjacent to an activating group) is 2. The van der Waals surface area contributed by atoms with E-state index in [0.29, 0.717) is 11.6 Å². The van der Waals surface area contributed by atoms with Crippen LogP contribution in [0.1, 0.15) is 13.8 Å². The van der Waals surface area contributed by atoms with Crippen LogP contribution in [0.4, 0.5) is 5.69 Å². The maximum Gasteiger partial charge on any atom is 0.238 e. The average Bonchev–Trinajstić information content (AvgIpc) is 2.42. The number of benzene rings is 1. The van der Waals surface area contributed by atoms with E-state index in [1.54, 1.807) is 24.3 Å². The molecule has 0 aliphatic rings. The lowest BCUT2D eigenvalue weighted by Gasteiger charge is -2.22. The molecule has 0 bridgehead atoms. The second kappa shape index (κ2) is 8.95. The minimum atomic E-state index is -0.00521. The highest BCUT2D eigenvalue weighted by Crippen LogP contribution is 2.13. The van der Waals surface area contributed by atoms with Gasteiger partial charge in [-0.2, -0.15) is 0 Å². The molecule has 20 heavy (non-hydrogen) atoms. The molecule has 5 heteroatoms. The van der Waals surface area contributed by atoms with Gasteiger partial charge in [0, 0.05) is 23.8 Å². The fourth-order valence-corrected chi connectivity index (χ4v) is 2.04. The number of anilines is 1. The lowest BCUT2D eigenvalue weighted by Crippen LogP contribution is -2.37. The van der Waals surface area contributed by atoms with Gasteiger partial charge in [0.1, 0.15) is 0 Å². The summed E-state index contributed by atoms with van der Waals surface area (Å²) < 4.78 is 0. The van der Waals surface area contributed by atoms with Crippen molar-refractivity contribution in [2.75, 3.05) is 45.1 Å². The Morgan fingerprint density at radius 3 is 2.30 bits per heavy atom. The third kappa shape index (κ3) is 6.37. The monoisotopic (exact) mass is 297 g/mol. The van der Waals surface area contributed by atoms with Crippen LogP contribution in [0.15, 0.2) is 24.3 Å². The van der Waals surface area contributed by atoms with Crippen LogP contribution in [0.2, 0.25) is 5.02 Å². The lowest BCUT2D eigenvalue weighted by atomic mass is 10.3. The molecule has 1 rings (SSSR count). The van der Waals surface area contributed by atoms with Gasteiger partial charge in [-0.05, 0) is 44.4 Å². The van der Waals surface area contributed by atoms with Crippen LogP contribution in [0.25, 0.3) is 0 Å². The van der Waals surface area contributed by atoms with Crippen molar-refractivity contribution in [2.45, 2.75) is 13.8 Å². The van der Waals surface area contributed by atoms with Crippen LogP contribution in [0, 0.1) is 0 Å². The maximum absolute atomic E-state index is 11.9. The molecule has 0 saturated carbocycles. The number of carbonyl (C=O) groups excluding carboxylic acids is 1. The minimum absolute atomic E-state index is 0.00521.